The molecule has 1 aromatic heterocycles. The average molecular weight is 411 g/mol. The predicted octanol–water partition coefficient (Wildman–Crippen LogP) is 4.72. The molecule has 0 aliphatic rings. The molecule has 154 valence electrons. The number of amides is 1. The van der Waals surface area contributed by atoms with Crippen LogP contribution >= 0.6 is 0 Å². The lowest BCUT2D eigenvalue weighted by atomic mass is 10.1. The molecule has 6 nitrogen and oxygen atoms in total. The van der Waals surface area contributed by atoms with Gasteiger partial charge in [-0.05, 0) is 37.3 Å². The van der Waals surface area contributed by atoms with E-state index in [0.717, 1.165) is 11.3 Å². The van der Waals surface area contributed by atoms with E-state index in [1.54, 1.807) is 18.2 Å². The molecule has 1 atom stereocenters. The number of nitrogens with zero attached hydrogens (tertiary/aromatic N) is 2. The maximum absolute atomic E-state index is 13.0. The molecule has 0 saturated carbocycles. The van der Waals surface area contributed by atoms with Crippen molar-refractivity contribution in [3.8, 4) is 16.9 Å². The molecule has 31 heavy (non-hydrogen) atoms. The number of nitrogens with one attached hydrogen (secondary N) is 1. The number of carbonyl (C=O) groups is 2. The Morgan fingerprint density at radius 3 is 2.10 bits per heavy atom. The van der Waals surface area contributed by atoms with Crippen LogP contribution in [0.2, 0.25) is 0 Å². The minimum absolute atomic E-state index is 0.240. The number of esters is 1. The van der Waals surface area contributed by atoms with Crippen LogP contribution in [0.4, 0.5) is 5.69 Å². The molecular weight excluding hydrogens is 390 g/mol. The van der Waals surface area contributed by atoms with Crippen LogP contribution in [0.3, 0.4) is 0 Å². The van der Waals surface area contributed by atoms with Crippen LogP contribution in [-0.2, 0) is 9.53 Å². The smallest absolute Gasteiger partial charge is 0.357 e. The zero-order chi connectivity index (χ0) is 21.6. The van der Waals surface area contributed by atoms with Crippen molar-refractivity contribution in [2.45, 2.75) is 13.0 Å². The number of rotatable bonds is 6. The van der Waals surface area contributed by atoms with E-state index in [1.165, 1.54) is 11.6 Å². The largest absolute Gasteiger partial charge is 0.448 e. The summed E-state index contributed by atoms with van der Waals surface area (Å²) in [5, 5.41) is 7.34. The summed E-state index contributed by atoms with van der Waals surface area (Å²) >= 11 is 0. The van der Waals surface area contributed by atoms with Gasteiger partial charge in [0.1, 0.15) is 0 Å². The maximum Gasteiger partial charge on any atom is 0.357 e. The second-order valence-corrected chi connectivity index (χ2v) is 6.93. The average Bonchev–Trinajstić information content (AvgIpc) is 3.27. The van der Waals surface area contributed by atoms with E-state index in [2.05, 4.69) is 10.4 Å². The molecule has 0 radical (unpaired) electrons. The minimum Gasteiger partial charge on any atom is -0.448 e. The third-order valence-electron chi connectivity index (χ3n) is 4.68. The Bertz CT molecular complexity index is 1170. The normalized spacial score (nSPS) is 11.5. The number of aromatic nitrogens is 2. The van der Waals surface area contributed by atoms with E-state index in [0.29, 0.717) is 11.4 Å². The number of ether oxygens (including phenoxy) is 1. The van der Waals surface area contributed by atoms with Gasteiger partial charge in [-0.3, -0.25) is 4.79 Å². The molecule has 0 spiro atoms. The monoisotopic (exact) mass is 411 g/mol. The van der Waals surface area contributed by atoms with Crippen molar-refractivity contribution >= 4 is 17.6 Å². The van der Waals surface area contributed by atoms with Crippen LogP contribution < -0.4 is 5.32 Å². The van der Waals surface area contributed by atoms with Gasteiger partial charge < -0.3 is 10.1 Å². The van der Waals surface area contributed by atoms with E-state index in [1.807, 2.05) is 78.9 Å². The number of benzene rings is 3. The van der Waals surface area contributed by atoms with Crippen LogP contribution in [0.15, 0.2) is 97.1 Å². The van der Waals surface area contributed by atoms with Crippen molar-refractivity contribution in [1.82, 2.24) is 9.78 Å². The highest BCUT2D eigenvalue weighted by molar-refractivity contribution is 5.97. The summed E-state index contributed by atoms with van der Waals surface area (Å²) in [6.07, 6.45) is -0.980. The molecule has 0 aliphatic carbocycles. The summed E-state index contributed by atoms with van der Waals surface area (Å²) in [4.78, 5) is 25.4. The summed E-state index contributed by atoms with van der Waals surface area (Å²) in [5.74, 6) is -1.04. The third-order valence-corrected chi connectivity index (χ3v) is 4.68. The summed E-state index contributed by atoms with van der Waals surface area (Å²) in [6.45, 7) is 1.54. The van der Waals surface area contributed by atoms with Crippen LogP contribution in [-0.4, -0.2) is 27.8 Å². The molecule has 0 unspecified atom stereocenters. The Labute approximate surface area is 180 Å². The maximum atomic E-state index is 13.0. The summed E-state index contributed by atoms with van der Waals surface area (Å²) in [6, 6.07) is 29.6. The molecule has 0 bridgehead atoms. The molecule has 1 N–H and O–H groups in total. The van der Waals surface area contributed by atoms with Gasteiger partial charge in [-0.1, -0.05) is 66.7 Å². The second kappa shape index (κ2) is 9.09. The first kappa shape index (κ1) is 20.1. The van der Waals surface area contributed by atoms with Gasteiger partial charge in [-0.25, -0.2) is 9.48 Å². The van der Waals surface area contributed by atoms with E-state index < -0.39 is 18.0 Å². The summed E-state index contributed by atoms with van der Waals surface area (Å²) in [7, 11) is 0. The highest BCUT2D eigenvalue weighted by Crippen LogP contribution is 2.22. The van der Waals surface area contributed by atoms with E-state index in [9.17, 15) is 9.59 Å². The lowest BCUT2D eigenvalue weighted by Crippen LogP contribution is -2.30. The number of carbonyl (C=O) groups excluding carboxylic acids is 2. The summed E-state index contributed by atoms with van der Waals surface area (Å²) < 4.78 is 7.00. The number of para-hydroxylation sites is 2. The zero-order valence-corrected chi connectivity index (χ0v) is 16.9. The van der Waals surface area contributed by atoms with Gasteiger partial charge in [0.2, 0.25) is 0 Å². The van der Waals surface area contributed by atoms with Gasteiger partial charge in [0.25, 0.3) is 5.91 Å². The summed E-state index contributed by atoms with van der Waals surface area (Å²) in [5.41, 5.74) is 3.11. The highest BCUT2D eigenvalue weighted by Gasteiger charge is 2.24. The molecule has 3 aromatic carbocycles. The standard InChI is InChI=1S/C25H21N3O3/c1-18(24(29)26-20-13-7-3-8-14-20)31-25(30)23-17-22(19-11-5-2-6-12-19)27-28(23)21-15-9-4-10-16-21/h2-18H,1H3,(H,26,29)/t18-/m0/s1. The Hall–Kier alpha value is -4.19. The van der Waals surface area contributed by atoms with Crippen molar-refractivity contribution in [2.24, 2.45) is 0 Å². The van der Waals surface area contributed by atoms with E-state index >= 15 is 0 Å². The molecule has 0 aliphatic heterocycles. The first-order valence-electron chi connectivity index (χ1n) is 9.89. The van der Waals surface area contributed by atoms with Crippen LogP contribution in [0, 0.1) is 0 Å². The van der Waals surface area contributed by atoms with Crippen molar-refractivity contribution in [3.05, 3.63) is 103 Å². The SMILES string of the molecule is C[C@H](OC(=O)c1cc(-c2ccccc2)nn1-c1ccccc1)C(=O)Nc1ccccc1. The van der Waals surface area contributed by atoms with E-state index in [-0.39, 0.29) is 5.69 Å². The van der Waals surface area contributed by atoms with Crippen molar-refractivity contribution < 1.29 is 14.3 Å². The Balaban J connectivity index is 1.59. The van der Waals surface area contributed by atoms with Gasteiger partial charge in [0.15, 0.2) is 11.8 Å². The highest BCUT2D eigenvalue weighted by atomic mass is 16.5. The molecule has 6 heteroatoms. The fourth-order valence-electron chi connectivity index (χ4n) is 3.08. The molecule has 1 amide bonds. The predicted molar refractivity (Wildman–Crippen MR) is 119 cm³/mol. The van der Waals surface area contributed by atoms with Crippen LogP contribution in [0.1, 0.15) is 17.4 Å². The topological polar surface area (TPSA) is 73.2 Å². The van der Waals surface area contributed by atoms with Crippen LogP contribution in [0.25, 0.3) is 16.9 Å². The third kappa shape index (κ3) is 4.70. The second-order valence-electron chi connectivity index (χ2n) is 6.93. The number of hydrogen-bond donors (Lipinski definition) is 1. The van der Waals surface area contributed by atoms with Crippen molar-refractivity contribution in [2.75, 3.05) is 5.32 Å². The number of anilines is 1. The first-order valence-corrected chi connectivity index (χ1v) is 9.89. The van der Waals surface area contributed by atoms with E-state index in [4.69, 9.17) is 4.74 Å². The van der Waals surface area contributed by atoms with Gasteiger partial charge in [-0.15, -0.1) is 0 Å². The van der Waals surface area contributed by atoms with Gasteiger partial charge >= 0.3 is 5.97 Å². The number of hydrogen-bond acceptors (Lipinski definition) is 4. The minimum atomic E-state index is -0.980. The molecule has 4 rings (SSSR count). The molecular formula is C25H21N3O3. The Morgan fingerprint density at radius 1 is 0.871 bits per heavy atom. The van der Waals surface area contributed by atoms with Gasteiger partial charge in [0.05, 0.1) is 11.4 Å². The molecule has 0 fully saturated rings. The van der Waals surface area contributed by atoms with Gasteiger partial charge in [-0.2, -0.15) is 5.10 Å². The first-order chi connectivity index (χ1) is 15.1. The Morgan fingerprint density at radius 2 is 1.45 bits per heavy atom. The van der Waals surface area contributed by atoms with Crippen molar-refractivity contribution in [1.29, 1.82) is 0 Å². The molecule has 0 saturated heterocycles. The fourth-order valence-corrected chi connectivity index (χ4v) is 3.08. The zero-order valence-electron chi connectivity index (χ0n) is 16.9. The lowest BCUT2D eigenvalue weighted by Gasteiger charge is -2.14. The van der Waals surface area contributed by atoms with Crippen molar-refractivity contribution in [3.63, 3.8) is 0 Å². The quantitative estimate of drug-likeness (QED) is 0.466. The van der Waals surface area contributed by atoms with Crippen LogP contribution in [0.5, 0.6) is 0 Å². The fraction of sp³-hybridized carbons (Fsp3) is 0.0800. The van der Waals surface area contributed by atoms with Gasteiger partial charge in [0, 0.05) is 11.3 Å². The Kier molecular flexibility index (Phi) is 5.89. The lowest BCUT2D eigenvalue weighted by molar-refractivity contribution is -0.123. The molecule has 4 aromatic rings. The molecule has 1 heterocycles.